The average molecular weight is 333 g/mol. The summed E-state index contributed by atoms with van der Waals surface area (Å²) in [5.74, 6) is 0. The van der Waals surface area contributed by atoms with Gasteiger partial charge in [0, 0.05) is 22.7 Å². The Morgan fingerprint density at radius 2 is 1.42 bits per heavy atom. The van der Waals surface area contributed by atoms with Gasteiger partial charge in [-0.2, -0.15) is 0 Å². The lowest BCUT2D eigenvalue weighted by Gasteiger charge is -2.07. The van der Waals surface area contributed by atoms with E-state index in [-0.39, 0.29) is 0 Å². The Balaban J connectivity index is 1.86. The van der Waals surface area contributed by atoms with E-state index in [4.69, 9.17) is 4.98 Å². The molecule has 122 valence electrons. The first-order chi connectivity index (χ1) is 12.9. The van der Waals surface area contributed by atoms with Crippen LogP contribution in [0.25, 0.3) is 44.2 Å². The molecule has 0 atom stereocenters. The first-order valence-electron chi connectivity index (χ1n) is 8.75. The fourth-order valence-corrected chi connectivity index (χ4v) is 3.98. The Morgan fingerprint density at radius 3 is 2.35 bits per heavy atom. The van der Waals surface area contributed by atoms with Gasteiger partial charge in [-0.15, -0.1) is 0 Å². The maximum Gasteiger partial charge on any atom is 0.137 e. The summed E-state index contributed by atoms with van der Waals surface area (Å²) in [6, 6.07) is 29.7. The number of para-hydroxylation sites is 2. The fraction of sp³-hybridized carbons (Fsp3) is 0. The highest BCUT2D eigenvalue weighted by Crippen LogP contribution is 2.34. The summed E-state index contributed by atoms with van der Waals surface area (Å²) in [6.07, 6.45) is 2.08. The first kappa shape index (κ1) is 13.7. The standard InChI is InChI=1S/C23H15N3/c1-2-8-16(9-3-1)26-20-11-5-4-10-17(20)18-14-19-22(15-21(18)26)25-13-7-6-12-23(25)24-19/h1-15H. The molecule has 3 nitrogen and oxygen atoms in total. The molecule has 6 rings (SSSR count). The second kappa shape index (κ2) is 4.96. The third-order valence-electron chi connectivity index (χ3n) is 5.12. The predicted molar refractivity (Wildman–Crippen MR) is 107 cm³/mol. The molecule has 0 unspecified atom stereocenters. The summed E-state index contributed by atoms with van der Waals surface area (Å²) in [5, 5.41) is 2.49. The van der Waals surface area contributed by atoms with Crippen LogP contribution in [0, 0.1) is 0 Å². The van der Waals surface area contributed by atoms with E-state index in [0.717, 1.165) is 16.7 Å². The molecule has 6 aromatic rings. The number of imidazole rings is 1. The van der Waals surface area contributed by atoms with Crippen LogP contribution in [0.2, 0.25) is 0 Å². The number of aromatic nitrogens is 3. The van der Waals surface area contributed by atoms with Gasteiger partial charge in [0.1, 0.15) is 5.65 Å². The minimum atomic E-state index is 0.978. The normalized spacial score (nSPS) is 11.8. The van der Waals surface area contributed by atoms with E-state index in [1.807, 2.05) is 18.2 Å². The van der Waals surface area contributed by atoms with Gasteiger partial charge in [0.15, 0.2) is 0 Å². The molecule has 0 amide bonds. The summed E-state index contributed by atoms with van der Waals surface area (Å²) < 4.78 is 4.49. The van der Waals surface area contributed by atoms with Crippen LogP contribution in [0.4, 0.5) is 0 Å². The van der Waals surface area contributed by atoms with Crippen molar-refractivity contribution in [3.05, 3.63) is 91.1 Å². The van der Waals surface area contributed by atoms with Crippen molar-refractivity contribution in [2.75, 3.05) is 0 Å². The molecule has 0 N–H and O–H groups in total. The van der Waals surface area contributed by atoms with Crippen LogP contribution in [-0.2, 0) is 0 Å². The summed E-state index contributed by atoms with van der Waals surface area (Å²) in [5.41, 5.74) is 6.73. The number of nitrogens with zero attached hydrogens (tertiary/aromatic N) is 3. The van der Waals surface area contributed by atoms with Crippen molar-refractivity contribution in [3.8, 4) is 5.69 Å². The summed E-state index contributed by atoms with van der Waals surface area (Å²) in [7, 11) is 0. The highest BCUT2D eigenvalue weighted by molar-refractivity contribution is 6.13. The van der Waals surface area contributed by atoms with Gasteiger partial charge >= 0.3 is 0 Å². The van der Waals surface area contributed by atoms with Crippen molar-refractivity contribution in [2.24, 2.45) is 0 Å². The Kier molecular flexibility index (Phi) is 2.61. The number of pyridine rings is 1. The van der Waals surface area contributed by atoms with Crippen LogP contribution in [0.5, 0.6) is 0 Å². The molecule has 0 aliphatic rings. The number of benzene rings is 3. The molecule has 0 aliphatic carbocycles. The molecule has 0 fully saturated rings. The Labute approximate surface area is 149 Å². The van der Waals surface area contributed by atoms with Crippen molar-refractivity contribution >= 4 is 38.5 Å². The number of hydrogen-bond donors (Lipinski definition) is 0. The molecule has 0 saturated heterocycles. The zero-order chi connectivity index (χ0) is 17.1. The van der Waals surface area contributed by atoms with E-state index in [1.54, 1.807) is 0 Å². The van der Waals surface area contributed by atoms with Gasteiger partial charge in [-0.3, -0.25) is 4.40 Å². The zero-order valence-electron chi connectivity index (χ0n) is 14.0. The van der Waals surface area contributed by atoms with Crippen LogP contribution >= 0.6 is 0 Å². The minimum absolute atomic E-state index is 0.978. The van der Waals surface area contributed by atoms with Gasteiger partial charge in [0.25, 0.3) is 0 Å². The first-order valence-corrected chi connectivity index (χ1v) is 8.75. The number of hydrogen-bond acceptors (Lipinski definition) is 1. The molecular weight excluding hydrogens is 318 g/mol. The molecule has 26 heavy (non-hydrogen) atoms. The van der Waals surface area contributed by atoms with Crippen molar-refractivity contribution in [2.45, 2.75) is 0 Å². The molecule has 3 aromatic carbocycles. The lowest BCUT2D eigenvalue weighted by atomic mass is 10.1. The topological polar surface area (TPSA) is 22.2 Å². The third kappa shape index (κ3) is 1.74. The van der Waals surface area contributed by atoms with Crippen molar-refractivity contribution in [1.82, 2.24) is 14.0 Å². The lowest BCUT2D eigenvalue weighted by molar-refractivity contribution is 1.18. The fourth-order valence-electron chi connectivity index (χ4n) is 3.98. The smallest absolute Gasteiger partial charge is 0.137 e. The van der Waals surface area contributed by atoms with Gasteiger partial charge in [-0.1, -0.05) is 42.5 Å². The highest BCUT2D eigenvalue weighted by atomic mass is 15.0. The average Bonchev–Trinajstić information content (AvgIpc) is 3.22. The molecule has 0 saturated carbocycles. The van der Waals surface area contributed by atoms with Gasteiger partial charge < -0.3 is 4.57 Å². The lowest BCUT2D eigenvalue weighted by Crippen LogP contribution is -1.93. The number of fused-ring (bicyclic) bond motifs is 6. The molecule has 0 aliphatic heterocycles. The molecular formula is C23H15N3. The molecule has 0 bridgehead atoms. The molecule has 0 radical (unpaired) electrons. The zero-order valence-corrected chi connectivity index (χ0v) is 14.0. The van der Waals surface area contributed by atoms with Crippen LogP contribution in [0.3, 0.4) is 0 Å². The Bertz CT molecular complexity index is 1420. The van der Waals surface area contributed by atoms with Gasteiger partial charge in [-0.05, 0) is 42.5 Å². The van der Waals surface area contributed by atoms with Crippen LogP contribution in [0.15, 0.2) is 91.1 Å². The molecule has 3 heteroatoms. The summed E-state index contributed by atoms with van der Waals surface area (Å²) in [4.78, 5) is 4.81. The van der Waals surface area contributed by atoms with Crippen molar-refractivity contribution < 1.29 is 0 Å². The van der Waals surface area contributed by atoms with E-state index >= 15 is 0 Å². The van der Waals surface area contributed by atoms with Crippen molar-refractivity contribution in [3.63, 3.8) is 0 Å². The van der Waals surface area contributed by atoms with Gasteiger partial charge in [0.05, 0.1) is 22.1 Å². The van der Waals surface area contributed by atoms with E-state index in [2.05, 4.69) is 81.9 Å². The summed E-state index contributed by atoms with van der Waals surface area (Å²) >= 11 is 0. The van der Waals surface area contributed by atoms with E-state index in [1.165, 1.54) is 27.5 Å². The van der Waals surface area contributed by atoms with E-state index < -0.39 is 0 Å². The summed E-state index contributed by atoms with van der Waals surface area (Å²) in [6.45, 7) is 0. The largest absolute Gasteiger partial charge is 0.309 e. The Morgan fingerprint density at radius 1 is 0.615 bits per heavy atom. The highest BCUT2D eigenvalue weighted by Gasteiger charge is 2.14. The predicted octanol–water partition coefficient (Wildman–Crippen LogP) is 5.58. The maximum absolute atomic E-state index is 4.81. The van der Waals surface area contributed by atoms with E-state index in [9.17, 15) is 0 Å². The van der Waals surface area contributed by atoms with Gasteiger partial charge in [0.2, 0.25) is 0 Å². The molecule has 3 heterocycles. The van der Waals surface area contributed by atoms with Crippen LogP contribution in [0.1, 0.15) is 0 Å². The van der Waals surface area contributed by atoms with Gasteiger partial charge in [-0.25, -0.2) is 4.98 Å². The maximum atomic E-state index is 4.81. The van der Waals surface area contributed by atoms with Crippen molar-refractivity contribution in [1.29, 1.82) is 0 Å². The van der Waals surface area contributed by atoms with E-state index in [0.29, 0.717) is 0 Å². The monoisotopic (exact) mass is 333 g/mol. The molecule has 0 spiro atoms. The second-order valence-corrected chi connectivity index (χ2v) is 6.59. The minimum Gasteiger partial charge on any atom is -0.309 e. The number of rotatable bonds is 1. The van der Waals surface area contributed by atoms with Crippen LogP contribution in [-0.4, -0.2) is 14.0 Å². The SMILES string of the molecule is c1ccc(-n2c3ccccc3c3cc4nc5ccccn5c4cc32)cc1. The second-order valence-electron chi connectivity index (χ2n) is 6.59. The third-order valence-corrected chi connectivity index (χ3v) is 5.12. The Hall–Kier alpha value is -3.59. The molecule has 3 aromatic heterocycles. The van der Waals surface area contributed by atoms with Crippen LogP contribution < -0.4 is 0 Å². The quantitative estimate of drug-likeness (QED) is 0.385.